The zero-order valence-electron chi connectivity index (χ0n) is 20.3. The average Bonchev–Trinajstić information content (AvgIpc) is 2.89. The molecule has 2 aromatic rings. The molecule has 0 atom stereocenters. The number of rotatable bonds is 10. The fourth-order valence-electron chi connectivity index (χ4n) is 3.68. The molecule has 0 aromatic heterocycles. The van der Waals surface area contributed by atoms with E-state index in [0.717, 1.165) is 43.4 Å². The van der Waals surface area contributed by atoms with E-state index in [9.17, 15) is 24.5 Å². The maximum absolute atomic E-state index is 12.7. The van der Waals surface area contributed by atoms with Crippen molar-refractivity contribution in [2.45, 2.75) is 20.4 Å². The zero-order chi connectivity index (χ0) is 26.1. The van der Waals surface area contributed by atoms with E-state index in [1.165, 1.54) is 4.90 Å². The van der Waals surface area contributed by atoms with E-state index >= 15 is 0 Å². The van der Waals surface area contributed by atoms with E-state index in [0.29, 0.717) is 26.3 Å². The van der Waals surface area contributed by atoms with Gasteiger partial charge in [-0.3, -0.25) is 19.8 Å². The van der Waals surface area contributed by atoms with E-state index in [1.54, 1.807) is 26.0 Å². The molecule has 1 fully saturated rings. The molecule has 1 aliphatic heterocycles. The Morgan fingerprint density at radius 2 is 1.69 bits per heavy atom. The number of carbonyl (C=O) groups excluding carboxylic acids is 3. The molecule has 36 heavy (non-hydrogen) atoms. The van der Waals surface area contributed by atoms with E-state index in [1.807, 2.05) is 12.1 Å². The van der Waals surface area contributed by atoms with Gasteiger partial charge >= 0.3 is 11.9 Å². The second-order valence-corrected chi connectivity index (χ2v) is 8.05. The van der Waals surface area contributed by atoms with E-state index in [-0.39, 0.29) is 22.6 Å². The minimum atomic E-state index is -1.01. The average molecular weight is 500 g/mol. The van der Waals surface area contributed by atoms with Gasteiger partial charge in [-0.05, 0) is 37.6 Å². The fraction of sp³-hybridized carbons (Fsp3) is 0.400. The van der Waals surface area contributed by atoms with Crippen LogP contribution in [0.3, 0.4) is 0 Å². The van der Waals surface area contributed by atoms with Gasteiger partial charge in [0.15, 0.2) is 6.61 Å². The number of non-ortho nitro benzene ring substituents is 1. The van der Waals surface area contributed by atoms with E-state index in [2.05, 4.69) is 4.90 Å². The summed E-state index contributed by atoms with van der Waals surface area (Å²) in [6.45, 7) is 7.70. The molecule has 1 heterocycles. The minimum absolute atomic E-state index is 0.205. The van der Waals surface area contributed by atoms with E-state index < -0.39 is 29.4 Å². The summed E-state index contributed by atoms with van der Waals surface area (Å²) in [4.78, 5) is 51.8. The predicted octanol–water partition coefficient (Wildman–Crippen LogP) is 2.67. The van der Waals surface area contributed by atoms with Crippen molar-refractivity contribution >= 4 is 23.5 Å². The smallest absolute Gasteiger partial charge is 0.343 e. The van der Waals surface area contributed by atoms with Gasteiger partial charge in [-0.2, -0.15) is 0 Å². The lowest BCUT2D eigenvalue weighted by atomic mass is 10.1. The van der Waals surface area contributed by atoms with Crippen molar-refractivity contribution in [3.05, 3.63) is 69.3 Å². The normalized spacial score (nSPS) is 13.6. The highest BCUT2D eigenvalue weighted by Gasteiger charge is 2.23. The van der Waals surface area contributed by atoms with Gasteiger partial charge < -0.3 is 19.1 Å². The standard InChI is InChI=1S/C25H29N3O8/c1-3-27(4-2)23(29)17-35-25(31)21-15-20(28(32)33)9-10-22(21)36-24(30)19-7-5-18(6-8-19)16-26-11-13-34-14-12-26/h5-10,15H,3-4,11-14,16-17H2,1-2H3. The Morgan fingerprint density at radius 3 is 2.31 bits per heavy atom. The number of nitrogens with zero attached hydrogens (tertiary/aromatic N) is 3. The van der Waals surface area contributed by atoms with Gasteiger partial charge in [0.05, 0.1) is 23.7 Å². The Kier molecular flexibility index (Phi) is 9.48. The molecule has 3 rings (SSSR count). The Labute approximate surface area is 208 Å². The van der Waals surface area contributed by atoms with Crippen molar-refractivity contribution in [3.63, 3.8) is 0 Å². The fourth-order valence-corrected chi connectivity index (χ4v) is 3.68. The third-order valence-corrected chi connectivity index (χ3v) is 5.74. The number of hydrogen-bond donors (Lipinski definition) is 0. The lowest BCUT2D eigenvalue weighted by Gasteiger charge is -2.26. The summed E-state index contributed by atoms with van der Waals surface area (Å²) in [5, 5.41) is 11.2. The van der Waals surface area contributed by atoms with Crippen LogP contribution in [-0.2, 0) is 20.8 Å². The summed E-state index contributed by atoms with van der Waals surface area (Å²) in [6, 6.07) is 10.1. The highest BCUT2D eigenvalue weighted by atomic mass is 16.6. The largest absolute Gasteiger partial charge is 0.452 e. The van der Waals surface area contributed by atoms with Gasteiger partial charge in [0.2, 0.25) is 0 Å². The molecule has 0 saturated carbocycles. The molecule has 0 N–H and O–H groups in total. The number of benzene rings is 2. The van der Waals surface area contributed by atoms with Crippen LogP contribution in [0.4, 0.5) is 5.69 Å². The third-order valence-electron chi connectivity index (χ3n) is 5.74. The number of esters is 2. The molecule has 1 saturated heterocycles. The zero-order valence-corrected chi connectivity index (χ0v) is 20.3. The second kappa shape index (κ2) is 12.8. The number of nitro groups is 1. The lowest BCUT2D eigenvalue weighted by molar-refractivity contribution is -0.384. The second-order valence-electron chi connectivity index (χ2n) is 8.05. The monoisotopic (exact) mass is 499 g/mol. The van der Waals surface area contributed by atoms with Crippen LogP contribution in [-0.4, -0.2) is 78.6 Å². The number of carbonyl (C=O) groups is 3. The van der Waals surface area contributed by atoms with Crippen LogP contribution in [0.25, 0.3) is 0 Å². The van der Waals surface area contributed by atoms with Crippen molar-refractivity contribution in [2.75, 3.05) is 46.0 Å². The molecule has 0 unspecified atom stereocenters. The molecule has 2 aromatic carbocycles. The SMILES string of the molecule is CCN(CC)C(=O)COC(=O)c1cc([N+](=O)[O-])ccc1OC(=O)c1ccc(CN2CCOCC2)cc1. The van der Waals surface area contributed by atoms with Crippen molar-refractivity contribution < 1.29 is 33.5 Å². The molecule has 0 spiro atoms. The summed E-state index contributed by atoms with van der Waals surface area (Å²) in [5.41, 5.74) is 0.555. The van der Waals surface area contributed by atoms with Gasteiger partial charge in [-0.25, -0.2) is 9.59 Å². The van der Waals surface area contributed by atoms with Crippen LogP contribution in [0.5, 0.6) is 5.75 Å². The van der Waals surface area contributed by atoms with Crippen molar-refractivity contribution in [1.82, 2.24) is 9.80 Å². The molecule has 1 amide bonds. The molecule has 11 nitrogen and oxygen atoms in total. The number of likely N-dealkylation sites (N-methyl/N-ethyl adjacent to an activating group) is 1. The Balaban J connectivity index is 1.71. The first-order valence-corrected chi connectivity index (χ1v) is 11.7. The van der Waals surface area contributed by atoms with Crippen molar-refractivity contribution in [1.29, 1.82) is 0 Å². The predicted molar refractivity (Wildman–Crippen MR) is 129 cm³/mol. The third kappa shape index (κ3) is 7.09. The van der Waals surface area contributed by atoms with Gasteiger partial charge in [0.1, 0.15) is 11.3 Å². The van der Waals surface area contributed by atoms with Crippen LogP contribution in [0.1, 0.15) is 40.1 Å². The number of amides is 1. The van der Waals surface area contributed by atoms with Crippen LogP contribution in [0.15, 0.2) is 42.5 Å². The van der Waals surface area contributed by atoms with Gasteiger partial charge in [-0.1, -0.05) is 12.1 Å². The summed E-state index contributed by atoms with van der Waals surface area (Å²) in [5.74, 6) is -2.37. The summed E-state index contributed by atoms with van der Waals surface area (Å²) in [6.07, 6.45) is 0. The quantitative estimate of drug-likeness (QED) is 0.210. The maximum atomic E-state index is 12.7. The highest BCUT2D eigenvalue weighted by Crippen LogP contribution is 2.26. The molecule has 0 radical (unpaired) electrons. The highest BCUT2D eigenvalue weighted by molar-refractivity contribution is 5.97. The molecule has 0 aliphatic carbocycles. The summed E-state index contributed by atoms with van der Waals surface area (Å²) in [7, 11) is 0. The van der Waals surface area contributed by atoms with Crippen LogP contribution < -0.4 is 4.74 Å². The molecular formula is C25H29N3O8. The molecule has 192 valence electrons. The van der Waals surface area contributed by atoms with Crippen molar-refractivity contribution in [2.24, 2.45) is 0 Å². The summed E-state index contributed by atoms with van der Waals surface area (Å²) >= 11 is 0. The molecule has 1 aliphatic rings. The Bertz CT molecular complexity index is 1090. The Hall–Kier alpha value is -3.83. The number of morpholine rings is 1. The molecule has 0 bridgehead atoms. The van der Waals surface area contributed by atoms with Crippen LogP contribution in [0.2, 0.25) is 0 Å². The van der Waals surface area contributed by atoms with Gasteiger partial charge in [-0.15, -0.1) is 0 Å². The number of hydrogen-bond acceptors (Lipinski definition) is 9. The number of nitro benzene ring substituents is 1. The first kappa shape index (κ1) is 26.8. The summed E-state index contributed by atoms with van der Waals surface area (Å²) < 4.78 is 15.8. The van der Waals surface area contributed by atoms with Gasteiger partial charge in [0.25, 0.3) is 11.6 Å². The molecule has 11 heteroatoms. The molecular weight excluding hydrogens is 470 g/mol. The maximum Gasteiger partial charge on any atom is 0.343 e. The first-order chi connectivity index (χ1) is 17.3. The van der Waals surface area contributed by atoms with E-state index in [4.69, 9.17) is 14.2 Å². The van der Waals surface area contributed by atoms with Crippen LogP contribution >= 0.6 is 0 Å². The topological polar surface area (TPSA) is 129 Å². The number of ether oxygens (including phenoxy) is 3. The van der Waals surface area contributed by atoms with Crippen molar-refractivity contribution in [3.8, 4) is 5.75 Å². The first-order valence-electron chi connectivity index (χ1n) is 11.7. The van der Waals surface area contributed by atoms with Gasteiger partial charge in [0, 0.05) is 44.9 Å². The lowest BCUT2D eigenvalue weighted by Crippen LogP contribution is -2.35. The van der Waals surface area contributed by atoms with Crippen LogP contribution in [0, 0.1) is 10.1 Å². The Morgan fingerprint density at radius 1 is 1.03 bits per heavy atom. The minimum Gasteiger partial charge on any atom is -0.452 e.